The van der Waals surface area contributed by atoms with E-state index in [1.54, 1.807) is 0 Å². The third-order valence-electron chi connectivity index (χ3n) is 1.31. The normalized spacial score (nSPS) is 21.7. The number of guanidine groups is 1. The van der Waals surface area contributed by atoms with Crippen molar-refractivity contribution in [3.8, 4) is 0 Å². The molecule has 4 heteroatoms. The summed E-state index contributed by atoms with van der Waals surface area (Å²) in [5.41, 5.74) is 10.5. The van der Waals surface area contributed by atoms with Crippen molar-refractivity contribution < 1.29 is 8.22 Å². The average Bonchev–Trinajstić information content (AvgIpc) is 2.32. The Hall–Kier alpha value is -1.84. The minimum Gasteiger partial charge on any atom is -0.387 e. The van der Waals surface area contributed by atoms with Crippen molar-refractivity contribution in [3.63, 3.8) is 0 Å². The minimum atomic E-state index is -2.36. The molecule has 0 saturated heterocycles. The molecule has 1 aromatic rings. The van der Waals surface area contributed by atoms with Crippen LogP contribution in [0.3, 0.4) is 0 Å². The molecule has 4 N–H and O–H groups in total. The maximum Gasteiger partial charge on any atom is 0.216 e. The lowest BCUT2D eigenvalue weighted by Gasteiger charge is -1.97. The number of aryl methyl sites for hydroxylation is 1. The number of amidine groups is 1. The lowest BCUT2D eigenvalue weighted by atomic mass is 10.2. The van der Waals surface area contributed by atoms with Crippen LogP contribution >= 0.6 is 0 Å². The van der Waals surface area contributed by atoms with Gasteiger partial charge in [-0.05, 0) is 18.9 Å². The van der Waals surface area contributed by atoms with Crippen LogP contribution in [-0.2, 0) is 6.37 Å². The van der Waals surface area contributed by atoms with Crippen LogP contribution in [0.5, 0.6) is 0 Å². The van der Waals surface area contributed by atoms with Gasteiger partial charge >= 0.3 is 0 Å². The molecule has 0 aliphatic rings. The molecular weight excluding hydrogens is 188 g/mol. The Kier molecular flexibility index (Phi) is 2.05. The zero-order valence-corrected chi connectivity index (χ0v) is 8.28. The summed E-state index contributed by atoms with van der Waals surface area (Å²) < 4.78 is 46.2. The van der Waals surface area contributed by atoms with E-state index in [0.717, 1.165) is 12.1 Å². The summed E-state index contributed by atoms with van der Waals surface area (Å²) in [5, 5.41) is 0. The van der Waals surface area contributed by atoms with Crippen molar-refractivity contribution in [2.75, 3.05) is 6.52 Å². The molecular formula is C11H16N4. The molecule has 4 nitrogen and oxygen atoms in total. The maximum atomic E-state index is 7.93. The highest BCUT2D eigenvalue weighted by molar-refractivity contribution is 5.93. The van der Waals surface area contributed by atoms with Gasteiger partial charge in [0.05, 0.1) is 11.3 Å². The van der Waals surface area contributed by atoms with E-state index in [-0.39, 0.29) is 35.5 Å². The van der Waals surface area contributed by atoms with E-state index in [9.17, 15) is 0 Å². The molecule has 0 spiro atoms. The summed E-state index contributed by atoms with van der Waals surface area (Å²) >= 11 is 0. The fourth-order valence-electron chi connectivity index (χ4n) is 0.772. The topological polar surface area (TPSA) is 76.8 Å². The van der Waals surface area contributed by atoms with Gasteiger partial charge < -0.3 is 11.5 Å². The molecule has 1 aromatic carbocycles. The Morgan fingerprint density at radius 3 is 3.07 bits per heavy atom. The molecule has 0 aromatic heterocycles. The standard InChI is InChI=1S/C11H16N4/c1-9(12)15-11(13)14-8-7-10-5-3-2-4-6-10/h2-6H,7-8H2,1H3,(H4,12,13,14,15)/i2D,3D,6D,7D2,8D. The lowest BCUT2D eigenvalue weighted by molar-refractivity contribution is 0.962. The number of benzene rings is 1. The van der Waals surface area contributed by atoms with Crippen LogP contribution in [0.25, 0.3) is 0 Å². The first kappa shape index (κ1) is 5.30. The number of nitrogens with two attached hydrogens (primary N) is 2. The molecule has 0 aliphatic carbocycles. The third-order valence-corrected chi connectivity index (χ3v) is 1.31. The van der Waals surface area contributed by atoms with Crippen molar-refractivity contribution in [1.29, 1.82) is 0 Å². The van der Waals surface area contributed by atoms with Crippen molar-refractivity contribution in [3.05, 3.63) is 35.8 Å². The number of nitrogens with zero attached hydrogens (tertiary/aromatic N) is 2. The van der Waals surface area contributed by atoms with Gasteiger partial charge in [-0.3, -0.25) is 4.99 Å². The molecule has 80 valence electrons. The van der Waals surface area contributed by atoms with Crippen molar-refractivity contribution >= 4 is 11.8 Å². The van der Waals surface area contributed by atoms with Crippen LogP contribution in [-0.4, -0.2) is 18.3 Å². The first-order chi connectivity index (χ1) is 9.55. The largest absolute Gasteiger partial charge is 0.387 e. The van der Waals surface area contributed by atoms with Crippen LogP contribution in [0.1, 0.15) is 20.7 Å². The van der Waals surface area contributed by atoms with Crippen molar-refractivity contribution in [2.45, 2.75) is 13.3 Å². The second kappa shape index (κ2) is 5.80. The van der Waals surface area contributed by atoms with E-state index in [4.69, 9.17) is 19.7 Å². The summed E-state index contributed by atoms with van der Waals surface area (Å²) in [6, 6.07) is 1.41. The highest BCUT2D eigenvalue weighted by Crippen LogP contribution is 1.99. The first-order valence-corrected chi connectivity index (χ1v) is 4.20. The Morgan fingerprint density at radius 1 is 1.53 bits per heavy atom. The van der Waals surface area contributed by atoms with Gasteiger partial charge in [-0.25, -0.2) is 4.99 Å². The Balaban J connectivity index is 3.22. The van der Waals surface area contributed by atoms with Gasteiger partial charge in [-0.1, -0.05) is 30.3 Å². The fourth-order valence-corrected chi connectivity index (χ4v) is 0.772. The van der Waals surface area contributed by atoms with Gasteiger partial charge in [0.1, 0.15) is 0 Å². The lowest BCUT2D eigenvalue weighted by Crippen LogP contribution is -2.16. The fraction of sp³-hybridized carbons (Fsp3) is 0.273. The molecule has 0 aliphatic heterocycles. The molecule has 0 radical (unpaired) electrons. The highest BCUT2D eigenvalue weighted by Gasteiger charge is 1.91. The third kappa shape index (κ3) is 4.81. The van der Waals surface area contributed by atoms with E-state index < -0.39 is 12.9 Å². The van der Waals surface area contributed by atoms with Crippen molar-refractivity contribution in [1.82, 2.24) is 0 Å². The predicted molar refractivity (Wildman–Crippen MR) is 63.9 cm³/mol. The van der Waals surface area contributed by atoms with E-state index in [0.29, 0.717) is 0 Å². The summed E-state index contributed by atoms with van der Waals surface area (Å²) in [7, 11) is 0. The summed E-state index contributed by atoms with van der Waals surface area (Å²) in [4.78, 5) is 7.19. The first-order valence-electron chi connectivity index (χ1n) is 7.28. The van der Waals surface area contributed by atoms with Crippen molar-refractivity contribution in [2.24, 2.45) is 21.5 Å². The number of aliphatic imine (C=N–C) groups is 2. The zero-order chi connectivity index (χ0) is 16.4. The number of rotatable bonds is 3. The van der Waals surface area contributed by atoms with Gasteiger partial charge in [0, 0.05) is 9.26 Å². The van der Waals surface area contributed by atoms with Gasteiger partial charge in [-0.2, -0.15) is 0 Å². The summed E-state index contributed by atoms with van der Waals surface area (Å²) in [6.45, 7) is -0.210. The van der Waals surface area contributed by atoms with Gasteiger partial charge in [0.25, 0.3) is 0 Å². The Morgan fingerprint density at radius 2 is 2.33 bits per heavy atom. The second-order valence-electron chi connectivity index (χ2n) is 2.65. The molecule has 1 rings (SSSR count). The number of hydrogen-bond acceptors (Lipinski definition) is 1. The smallest absolute Gasteiger partial charge is 0.216 e. The predicted octanol–water partition coefficient (Wildman–Crippen LogP) is 0.921. The average molecular weight is 210 g/mol. The Bertz CT molecular complexity index is 595. The van der Waals surface area contributed by atoms with Gasteiger partial charge in [0.2, 0.25) is 5.96 Å². The van der Waals surface area contributed by atoms with Crippen LogP contribution in [0.2, 0.25) is 0 Å². The van der Waals surface area contributed by atoms with E-state index in [1.165, 1.54) is 6.92 Å². The minimum absolute atomic E-state index is 0.122. The molecule has 0 amide bonds. The highest BCUT2D eigenvalue weighted by atomic mass is 15.1. The molecule has 15 heavy (non-hydrogen) atoms. The Labute approximate surface area is 98.2 Å². The SMILES string of the molecule is [2H]c1cc([2H])c(C([2H])([2H])C([2H])N=C(N)N=C(C)N)cc1[2H]. The summed E-state index contributed by atoms with van der Waals surface area (Å²) in [6.07, 6.45) is -2.36. The zero-order valence-electron chi connectivity index (χ0n) is 14.3. The van der Waals surface area contributed by atoms with Crippen LogP contribution in [0, 0.1) is 0 Å². The monoisotopic (exact) mass is 210 g/mol. The molecule has 0 bridgehead atoms. The number of hydrogen-bond donors (Lipinski definition) is 2. The second-order valence-corrected chi connectivity index (χ2v) is 2.65. The van der Waals surface area contributed by atoms with E-state index in [2.05, 4.69) is 9.98 Å². The molecule has 0 heterocycles. The quantitative estimate of drug-likeness (QED) is 0.575. The van der Waals surface area contributed by atoms with Crippen LogP contribution in [0.15, 0.2) is 40.2 Å². The maximum absolute atomic E-state index is 7.93. The van der Waals surface area contributed by atoms with Crippen LogP contribution < -0.4 is 11.5 Å². The van der Waals surface area contributed by atoms with E-state index in [1.807, 2.05) is 0 Å². The molecule has 1 atom stereocenters. The molecule has 0 saturated carbocycles. The molecule has 1 unspecified atom stereocenters. The molecule has 0 fully saturated rings. The van der Waals surface area contributed by atoms with Gasteiger partial charge in [0.15, 0.2) is 0 Å². The summed E-state index contributed by atoms with van der Waals surface area (Å²) in [5.74, 6) is -0.217. The van der Waals surface area contributed by atoms with E-state index >= 15 is 0 Å². The van der Waals surface area contributed by atoms with Crippen LogP contribution in [0.4, 0.5) is 0 Å². The van der Waals surface area contributed by atoms with Gasteiger partial charge in [-0.15, -0.1) is 0 Å².